The Bertz CT molecular complexity index is 2220. The second kappa shape index (κ2) is 10.8. The molecule has 202 valence electrons. The summed E-state index contributed by atoms with van der Waals surface area (Å²) in [5.74, 6) is 0. The number of hydrogen-bond acceptors (Lipinski definition) is 4. The lowest BCUT2D eigenvalue weighted by Crippen LogP contribution is -1.99. The molecule has 2 aromatic heterocycles. The van der Waals surface area contributed by atoms with E-state index in [0.29, 0.717) is 0 Å². The molecule has 8 rings (SSSR count). The highest BCUT2D eigenvalue weighted by atomic mass is 32.1. The molecule has 43 heavy (non-hydrogen) atoms. The number of benzene rings is 6. The van der Waals surface area contributed by atoms with Gasteiger partial charge in [0.15, 0.2) is 0 Å². The zero-order valence-electron chi connectivity index (χ0n) is 23.2. The van der Waals surface area contributed by atoms with Crippen molar-refractivity contribution in [3.05, 3.63) is 152 Å². The number of hydrogen-bond donors (Lipinski definition) is 0. The van der Waals surface area contributed by atoms with Gasteiger partial charge >= 0.3 is 0 Å². The van der Waals surface area contributed by atoms with Crippen LogP contribution in [0.2, 0.25) is 0 Å². The highest BCUT2D eigenvalue weighted by Crippen LogP contribution is 2.49. The molecule has 6 aromatic carbocycles. The summed E-state index contributed by atoms with van der Waals surface area (Å²) in [5.41, 5.74) is 11.0. The average molecular weight is 568 g/mol. The molecule has 0 aliphatic rings. The lowest BCUT2D eigenvalue weighted by Gasteiger charge is -2.22. The molecule has 0 fully saturated rings. The van der Waals surface area contributed by atoms with E-state index in [0.717, 1.165) is 39.1 Å². The molecular formula is C39H25N3S. The van der Waals surface area contributed by atoms with Crippen LogP contribution in [0.25, 0.3) is 75.9 Å². The maximum absolute atomic E-state index is 4.63. The molecule has 0 saturated heterocycles. The van der Waals surface area contributed by atoms with Crippen molar-refractivity contribution in [1.82, 2.24) is 15.4 Å². The zero-order chi connectivity index (χ0) is 28.6. The summed E-state index contributed by atoms with van der Waals surface area (Å²) in [5, 5.41) is 15.3. The molecular weight excluding hydrogens is 543 g/mol. The molecule has 4 heteroatoms. The Labute approximate surface area is 253 Å². The fourth-order valence-electron chi connectivity index (χ4n) is 6.18. The molecule has 0 atom stereocenters. The summed E-state index contributed by atoms with van der Waals surface area (Å²) >= 11 is 1.83. The molecule has 3 nitrogen and oxygen atoms in total. The molecule has 0 aliphatic carbocycles. The fraction of sp³-hybridized carbons (Fsp3) is 0. The lowest BCUT2D eigenvalue weighted by molar-refractivity contribution is 0.871. The van der Waals surface area contributed by atoms with Gasteiger partial charge in [0.2, 0.25) is 0 Å². The minimum atomic E-state index is 0.789. The van der Waals surface area contributed by atoms with E-state index in [2.05, 4.69) is 155 Å². The Hall–Kier alpha value is -5.45. The van der Waals surface area contributed by atoms with Crippen molar-refractivity contribution in [2.45, 2.75) is 0 Å². The second-order valence-corrected chi connectivity index (χ2v) is 11.6. The molecule has 0 saturated carbocycles. The average Bonchev–Trinajstić information content (AvgIpc) is 3.48. The van der Waals surface area contributed by atoms with E-state index in [4.69, 9.17) is 0 Å². The minimum Gasteiger partial charge on any atom is -0.139 e. The van der Waals surface area contributed by atoms with Gasteiger partial charge in [0.1, 0.15) is 0 Å². The van der Waals surface area contributed by atoms with Crippen molar-refractivity contribution in [1.29, 1.82) is 0 Å². The topological polar surface area (TPSA) is 38.7 Å². The summed E-state index contributed by atoms with van der Waals surface area (Å²) in [6.07, 6.45) is 1.73. The zero-order valence-corrected chi connectivity index (χ0v) is 24.0. The predicted molar refractivity (Wildman–Crippen MR) is 180 cm³/mol. The Morgan fingerprint density at radius 1 is 0.419 bits per heavy atom. The standard InChI is InChI=1S/C39H25N3S/c1-3-12-26(13-4-1)28-16-7-8-17-30(28)38-29(27-14-5-2-6-15-27)22-23-32(39(38)34-24-25-40-42-41-34)31-19-11-21-36-37(31)33-18-9-10-20-35(33)43-36/h1-25H. The third-order valence-electron chi connectivity index (χ3n) is 8.02. The largest absolute Gasteiger partial charge is 0.139 e. The van der Waals surface area contributed by atoms with Crippen LogP contribution >= 0.6 is 11.3 Å². The number of aromatic nitrogens is 3. The summed E-state index contributed by atoms with van der Waals surface area (Å²) in [7, 11) is 0. The van der Waals surface area contributed by atoms with Crippen LogP contribution in [0, 0.1) is 0 Å². The van der Waals surface area contributed by atoms with Gasteiger partial charge in [-0.2, -0.15) is 0 Å². The van der Waals surface area contributed by atoms with E-state index < -0.39 is 0 Å². The molecule has 0 aliphatic heterocycles. The molecule has 2 heterocycles. The van der Waals surface area contributed by atoms with Gasteiger partial charge in [-0.05, 0) is 62.4 Å². The molecule has 8 aromatic rings. The SMILES string of the molecule is c1ccc(-c2ccccc2-c2c(-c3ccccc3)ccc(-c3cccc4sc5ccccc5c34)c2-c2ccnnn2)cc1. The van der Waals surface area contributed by atoms with E-state index in [-0.39, 0.29) is 0 Å². The lowest BCUT2D eigenvalue weighted by atomic mass is 9.81. The summed E-state index contributed by atoms with van der Waals surface area (Å²) < 4.78 is 2.55. The number of thiophene rings is 1. The van der Waals surface area contributed by atoms with Crippen LogP contribution in [-0.4, -0.2) is 15.4 Å². The van der Waals surface area contributed by atoms with Crippen molar-refractivity contribution in [3.8, 4) is 55.8 Å². The van der Waals surface area contributed by atoms with Crippen LogP contribution < -0.4 is 0 Å². The van der Waals surface area contributed by atoms with E-state index in [1.807, 2.05) is 17.4 Å². The Balaban J connectivity index is 1.54. The van der Waals surface area contributed by atoms with E-state index >= 15 is 0 Å². The van der Waals surface area contributed by atoms with Crippen LogP contribution in [0.15, 0.2) is 152 Å². The van der Waals surface area contributed by atoms with E-state index in [9.17, 15) is 0 Å². The normalized spacial score (nSPS) is 11.3. The van der Waals surface area contributed by atoms with Crippen molar-refractivity contribution in [2.75, 3.05) is 0 Å². The predicted octanol–water partition coefficient (Wildman–Crippen LogP) is 10.6. The molecule has 0 amide bonds. The first-order valence-corrected chi connectivity index (χ1v) is 15.1. The highest BCUT2D eigenvalue weighted by Gasteiger charge is 2.24. The van der Waals surface area contributed by atoms with Gasteiger partial charge in [-0.1, -0.05) is 127 Å². The van der Waals surface area contributed by atoms with Crippen molar-refractivity contribution in [3.63, 3.8) is 0 Å². The molecule has 0 N–H and O–H groups in total. The van der Waals surface area contributed by atoms with Gasteiger partial charge in [0.05, 0.1) is 11.9 Å². The van der Waals surface area contributed by atoms with Gasteiger partial charge in [-0.3, -0.25) is 0 Å². The third kappa shape index (κ3) is 4.40. The Morgan fingerprint density at radius 2 is 1.05 bits per heavy atom. The second-order valence-electron chi connectivity index (χ2n) is 10.5. The number of fused-ring (bicyclic) bond motifs is 3. The first kappa shape index (κ1) is 25.3. The Morgan fingerprint density at radius 3 is 1.81 bits per heavy atom. The Kier molecular flexibility index (Phi) is 6.32. The summed E-state index contributed by atoms with van der Waals surface area (Å²) in [4.78, 5) is 0. The van der Waals surface area contributed by atoms with Crippen LogP contribution in [0.3, 0.4) is 0 Å². The first-order chi connectivity index (χ1) is 21.4. The summed E-state index contributed by atoms with van der Waals surface area (Å²) in [6.45, 7) is 0. The highest BCUT2D eigenvalue weighted by molar-refractivity contribution is 7.25. The van der Waals surface area contributed by atoms with Crippen molar-refractivity contribution < 1.29 is 0 Å². The van der Waals surface area contributed by atoms with Gasteiger partial charge in [0.25, 0.3) is 0 Å². The van der Waals surface area contributed by atoms with Crippen LogP contribution in [-0.2, 0) is 0 Å². The quantitative estimate of drug-likeness (QED) is 0.208. The number of rotatable bonds is 5. The maximum Gasteiger partial charge on any atom is 0.0976 e. The molecule has 0 unspecified atom stereocenters. The summed E-state index contributed by atoms with van der Waals surface area (Å²) in [6, 6.07) is 51.7. The van der Waals surface area contributed by atoms with Crippen LogP contribution in [0.4, 0.5) is 0 Å². The molecule has 0 bridgehead atoms. The van der Waals surface area contributed by atoms with E-state index in [1.54, 1.807) is 6.20 Å². The van der Waals surface area contributed by atoms with Gasteiger partial charge < -0.3 is 0 Å². The first-order valence-electron chi connectivity index (χ1n) is 14.3. The van der Waals surface area contributed by atoms with Gasteiger partial charge in [-0.25, -0.2) is 0 Å². The number of nitrogens with zero attached hydrogens (tertiary/aromatic N) is 3. The molecule has 0 radical (unpaired) electrons. The van der Waals surface area contributed by atoms with E-state index in [1.165, 1.54) is 36.9 Å². The third-order valence-corrected chi connectivity index (χ3v) is 9.16. The van der Waals surface area contributed by atoms with Crippen molar-refractivity contribution >= 4 is 31.5 Å². The van der Waals surface area contributed by atoms with Crippen LogP contribution in [0.5, 0.6) is 0 Å². The molecule has 0 spiro atoms. The van der Waals surface area contributed by atoms with Crippen molar-refractivity contribution in [2.24, 2.45) is 0 Å². The minimum absolute atomic E-state index is 0.789. The fourth-order valence-corrected chi connectivity index (χ4v) is 7.31. The monoisotopic (exact) mass is 567 g/mol. The maximum atomic E-state index is 4.63. The van der Waals surface area contributed by atoms with Crippen LogP contribution in [0.1, 0.15) is 0 Å². The smallest absolute Gasteiger partial charge is 0.0976 e. The van der Waals surface area contributed by atoms with Gasteiger partial charge in [-0.15, -0.1) is 21.5 Å². The van der Waals surface area contributed by atoms with Gasteiger partial charge in [0, 0.05) is 31.3 Å².